The van der Waals surface area contributed by atoms with Gasteiger partial charge in [0.05, 0.1) is 31.5 Å². The van der Waals surface area contributed by atoms with Gasteiger partial charge in [-0.3, -0.25) is 0 Å². The highest BCUT2D eigenvalue weighted by Crippen LogP contribution is 2.24. The van der Waals surface area contributed by atoms with Crippen molar-refractivity contribution in [3.05, 3.63) is 28.8 Å². The molecule has 0 radical (unpaired) electrons. The van der Waals surface area contributed by atoms with E-state index in [1.165, 1.54) is 0 Å². The third-order valence-electron chi connectivity index (χ3n) is 2.21. The molecule has 5 heteroatoms. The van der Waals surface area contributed by atoms with Gasteiger partial charge in [-0.15, -0.1) is 0 Å². The average molecular weight is 274 g/mol. The maximum absolute atomic E-state index is 6.00. The normalized spacial score (nSPS) is 10.6. The molecule has 0 spiro atoms. The third-order valence-corrected chi connectivity index (χ3v) is 2.52. The van der Waals surface area contributed by atoms with Crippen molar-refractivity contribution >= 4 is 11.6 Å². The van der Waals surface area contributed by atoms with Crippen LogP contribution in [0.5, 0.6) is 5.75 Å². The first-order valence-corrected chi connectivity index (χ1v) is 6.36. The van der Waals surface area contributed by atoms with E-state index in [0.717, 1.165) is 5.56 Å². The Hall–Kier alpha value is -0.810. The van der Waals surface area contributed by atoms with Gasteiger partial charge in [-0.25, -0.2) is 0 Å². The highest BCUT2D eigenvalue weighted by Gasteiger charge is 2.01. The van der Waals surface area contributed by atoms with Crippen LogP contribution in [0.2, 0.25) is 5.02 Å². The Morgan fingerprint density at radius 3 is 2.44 bits per heavy atom. The lowest BCUT2D eigenvalue weighted by molar-refractivity contribution is 0.0388. The number of aryl methyl sites for hydroxylation is 1. The molecule has 2 N–H and O–H groups in total. The van der Waals surface area contributed by atoms with Crippen LogP contribution in [-0.2, 0) is 9.47 Å². The summed E-state index contributed by atoms with van der Waals surface area (Å²) >= 11 is 6.00. The second-order valence-electron chi connectivity index (χ2n) is 3.80. The summed E-state index contributed by atoms with van der Waals surface area (Å²) in [5.41, 5.74) is 6.40. The molecule has 0 bridgehead atoms. The van der Waals surface area contributed by atoms with Gasteiger partial charge in [-0.05, 0) is 24.6 Å². The molecule has 0 aliphatic rings. The van der Waals surface area contributed by atoms with Gasteiger partial charge in [-0.2, -0.15) is 0 Å². The third kappa shape index (κ3) is 6.21. The molecule has 0 heterocycles. The van der Waals surface area contributed by atoms with Crippen LogP contribution in [0.4, 0.5) is 0 Å². The smallest absolute Gasteiger partial charge is 0.138 e. The minimum atomic E-state index is 0.472. The van der Waals surface area contributed by atoms with Crippen LogP contribution < -0.4 is 10.5 Å². The van der Waals surface area contributed by atoms with Crippen LogP contribution in [0, 0.1) is 6.92 Å². The number of halogens is 1. The minimum absolute atomic E-state index is 0.472. The number of rotatable bonds is 9. The van der Waals surface area contributed by atoms with Crippen molar-refractivity contribution in [3.8, 4) is 5.75 Å². The molecule has 1 rings (SSSR count). The van der Waals surface area contributed by atoms with E-state index in [1.54, 1.807) is 0 Å². The molecule has 1 aromatic carbocycles. The largest absolute Gasteiger partial charge is 0.490 e. The summed E-state index contributed by atoms with van der Waals surface area (Å²) in [4.78, 5) is 0. The zero-order chi connectivity index (χ0) is 13.2. The molecular weight excluding hydrogens is 254 g/mol. The lowest BCUT2D eigenvalue weighted by Gasteiger charge is -2.09. The number of nitrogens with two attached hydrogens (primary N) is 1. The van der Waals surface area contributed by atoms with Crippen LogP contribution in [0.1, 0.15) is 5.56 Å². The van der Waals surface area contributed by atoms with E-state index >= 15 is 0 Å². The van der Waals surface area contributed by atoms with Gasteiger partial charge < -0.3 is 19.9 Å². The quantitative estimate of drug-likeness (QED) is 0.700. The molecule has 0 aliphatic heterocycles. The number of ether oxygens (including phenoxy) is 3. The highest BCUT2D eigenvalue weighted by molar-refractivity contribution is 6.32. The van der Waals surface area contributed by atoms with Gasteiger partial charge in [0.2, 0.25) is 0 Å². The second-order valence-corrected chi connectivity index (χ2v) is 4.20. The maximum atomic E-state index is 6.00. The van der Waals surface area contributed by atoms with Crippen molar-refractivity contribution in [1.29, 1.82) is 0 Å². The first-order chi connectivity index (χ1) is 8.74. The lowest BCUT2D eigenvalue weighted by Crippen LogP contribution is -2.14. The Labute approximate surface area is 113 Å². The summed E-state index contributed by atoms with van der Waals surface area (Å²) in [7, 11) is 0. The van der Waals surface area contributed by atoms with Gasteiger partial charge in [0, 0.05) is 6.54 Å². The molecule has 0 fully saturated rings. The SMILES string of the molecule is Cc1ccc(Cl)c(OCCOCCOCCN)c1. The molecule has 4 nitrogen and oxygen atoms in total. The Balaban J connectivity index is 2.09. The van der Waals surface area contributed by atoms with E-state index in [4.69, 9.17) is 31.5 Å². The second kappa shape index (κ2) is 9.16. The van der Waals surface area contributed by atoms with Crippen LogP contribution in [0.15, 0.2) is 18.2 Å². The van der Waals surface area contributed by atoms with Crippen molar-refractivity contribution in [2.75, 3.05) is 39.6 Å². The van der Waals surface area contributed by atoms with Gasteiger partial charge in [0.15, 0.2) is 0 Å². The van der Waals surface area contributed by atoms with Gasteiger partial charge >= 0.3 is 0 Å². The summed E-state index contributed by atoms with van der Waals surface area (Å²) in [6, 6.07) is 5.68. The van der Waals surface area contributed by atoms with Gasteiger partial charge in [0.25, 0.3) is 0 Å². The molecule has 0 saturated carbocycles. The minimum Gasteiger partial charge on any atom is -0.490 e. The standard InChI is InChI=1S/C13H20ClNO3/c1-11-2-3-12(14)13(10-11)18-9-8-17-7-6-16-5-4-15/h2-3,10H,4-9,15H2,1H3. The van der Waals surface area contributed by atoms with Crippen LogP contribution in [0.25, 0.3) is 0 Å². The fourth-order valence-corrected chi connectivity index (χ4v) is 1.51. The summed E-state index contributed by atoms with van der Waals surface area (Å²) in [5, 5.41) is 0.617. The monoisotopic (exact) mass is 273 g/mol. The molecule has 0 atom stereocenters. The van der Waals surface area contributed by atoms with Crippen LogP contribution in [-0.4, -0.2) is 39.6 Å². The molecule has 102 valence electrons. The van der Waals surface area contributed by atoms with Crippen molar-refractivity contribution < 1.29 is 14.2 Å². The Morgan fingerprint density at radius 2 is 1.72 bits per heavy atom. The van der Waals surface area contributed by atoms with Gasteiger partial charge in [-0.1, -0.05) is 17.7 Å². The molecule has 1 aromatic rings. The molecule has 0 saturated heterocycles. The average Bonchev–Trinajstić information content (AvgIpc) is 2.36. The molecule has 0 aliphatic carbocycles. The predicted molar refractivity (Wildman–Crippen MR) is 72.4 cm³/mol. The Morgan fingerprint density at radius 1 is 1.06 bits per heavy atom. The Bertz CT molecular complexity index is 347. The van der Waals surface area contributed by atoms with Crippen LogP contribution >= 0.6 is 11.6 Å². The summed E-state index contributed by atoms with van der Waals surface area (Å²) in [5.74, 6) is 0.694. The first-order valence-electron chi connectivity index (χ1n) is 5.98. The van der Waals surface area contributed by atoms with E-state index in [-0.39, 0.29) is 0 Å². The van der Waals surface area contributed by atoms with Crippen molar-refractivity contribution in [2.45, 2.75) is 6.92 Å². The lowest BCUT2D eigenvalue weighted by atomic mass is 10.2. The van der Waals surface area contributed by atoms with Crippen LogP contribution in [0.3, 0.4) is 0 Å². The predicted octanol–water partition coefficient (Wildman–Crippen LogP) is 2.02. The van der Waals surface area contributed by atoms with Gasteiger partial charge in [0.1, 0.15) is 12.4 Å². The summed E-state index contributed by atoms with van der Waals surface area (Å²) < 4.78 is 16.0. The number of hydrogen-bond acceptors (Lipinski definition) is 4. The summed E-state index contributed by atoms with van der Waals surface area (Å²) in [6.07, 6.45) is 0. The molecule has 0 unspecified atom stereocenters. The molecule has 0 aromatic heterocycles. The summed E-state index contributed by atoms with van der Waals surface area (Å²) in [6.45, 7) is 5.19. The van der Waals surface area contributed by atoms with E-state index < -0.39 is 0 Å². The molecule has 0 amide bonds. The van der Waals surface area contributed by atoms with E-state index in [0.29, 0.717) is 50.4 Å². The number of benzene rings is 1. The van der Waals surface area contributed by atoms with Crippen molar-refractivity contribution in [3.63, 3.8) is 0 Å². The van der Waals surface area contributed by atoms with Crippen molar-refractivity contribution in [1.82, 2.24) is 0 Å². The zero-order valence-corrected chi connectivity index (χ0v) is 11.4. The van der Waals surface area contributed by atoms with Crippen molar-refractivity contribution in [2.24, 2.45) is 5.73 Å². The Kier molecular flexibility index (Phi) is 7.76. The molecule has 18 heavy (non-hydrogen) atoms. The fraction of sp³-hybridized carbons (Fsp3) is 0.538. The number of hydrogen-bond donors (Lipinski definition) is 1. The van der Waals surface area contributed by atoms with E-state index in [2.05, 4.69) is 0 Å². The highest BCUT2D eigenvalue weighted by atomic mass is 35.5. The fourth-order valence-electron chi connectivity index (χ4n) is 1.34. The first kappa shape index (κ1) is 15.2. The maximum Gasteiger partial charge on any atom is 0.138 e. The topological polar surface area (TPSA) is 53.7 Å². The zero-order valence-electron chi connectivity index (χ0n) is 10.7. The van der Waals surface area contributed by atoms with E-state index in [9.17, 15) is 0 Å². The molecular formula is C13H20ClNO3. The van der Waals surface area contributed by atoms with E-state index in [1.807, 2.05) is 25.1 Å².